The third-order valence-corrected chi connectivity index (χ3v) is 5.11. The standard InChI is InChI=1S/C21H18N4O2S/c26-18-8-6-15(7-9-18)10-11-22-20(27)19-14-28-21(24-19)16-12-23-25(13-16)17-4-2-1-3-5-17/h1-9,12-14,26H,10-11H2,(H,22,27). The van der Waals surface area contributed by atoms with E-state index >= 15 is 0 Å². The van der Waals surface area contributed by atoms with E-state index < -0.39 is 0 Å². The van der Waals surface area contributed by atoms with Gasteiger partial charge in [-0.2, -0.15) is 5.10 Å². The number of amides is 1. The molecule has 28 heavy (non-hydrogen) atoms. The summed E-state index contributed by atoms with van der Waals surface area (Å²) >= 11 is 1.42. The van der Waals surface area contributed by atoms with Gasteiger partial charge in [0.25, 0.3) is 5.91 Å². The number of nitrogens with zero attached hydrogens (tertiary/aromatic N) is 3. The second-order valence-corrected chi connectivity index (χ2v) is 7.08. The summed E-state index contributed by atoms with van der Waals surface area (Å²) in [4.78, 5) is 16.8. The molecule has 0 bridgehead atoms. The lowest BCUT2D eigenvalue weighted by molar-refractivity contribution is 0.0950. The van der Waals surface area contributed by atoms with Gasteiger partial charge in [-0.15, -0.1) is 11.3 Å². The second kappa shape index (κ2) is 8.06. The van der Waals surface area contributed by atoms with Crippen LogP contribution in [0, 0.1) is 0 Å². The van der Waals surface area contributed by atoms with Crippen LogP contribution in [0.25, 0.3) is 16.3 Å². The summed E-state index contributed by atoms with van der Waals surface area (Å²) in [5.41, 5.74) is 3.29. The fourth-order valence-electron chi connectivity index (χ4n) is 2.74. The number of thiazole rings is 1. The Morgan fingerprint density at radius 2 is 1.89 bits per heavy atom. The molecule has 4 aromatic rings. The number of carbonyl (C=O) groups is 1. The number of aromatic nitrogens is 3. The number of aromatic hydroxyl groups is 1. The summed E-state index contributed by atoms with van der Waals surface area (Å²) in [6.45, 7) is 0.502. The van der Waals surface area contributed by atoms with Gasteiger partial charge in [-0.05, 0) is 36.2 Å². The smallest absolute Gasteiger partial charge is 0.270 e. The van der Waals surface area contributed by atoms with Crippen LogP contribution in [0.5, 0.6) is 5.75 Å². The maximum Gasteiger partial charge on any atom is 0.270 e. The van der Waals surface area contributed by atoms with E-state index in [1.165, 1.54) is 11.3 Å². The highest BCUT2D eigenvalue weighted by Crippen LogP contribution is 2.24. The first kappa shape index (κ1) is 17.9. The number of benzene rings is 2. The molecule has 2 aromatic carbocycles. The Bertz CT molecular complexity index is 1070. The van der Waals surface area contributed by atoms with E-state index in [9.17, 15) is 9.90 Å². The Morgan fingerprint density at radius 1 is 1.11 bits per heavy atom. The van der Waals surface area contributed by atoms with Crippen LogP contribution in [0.3, 0.4) is 0 Å². The van der Waals surface area contributed by atoms with E-state index in [0.29, 0.717) is 18.7 Å². The minimum atomic E-state index is -0.197. The van der Waals surface area contributed by atoms with Gasteiger partial charge < -0.3 is 10.4 Å². The maximum absolute atomic E-state index is 12.3. The molecule has 140 valence electrons. The average molecular weight is 390 g/mol. The molecule has 4 rings (SSSR count). The molecule has 0 saturated carbocycles. The summed E-state index contributed by atoms with van der Waals surface area (Å²) in [5.74, 6) is 0.0371. The van der Waals surface area contributed by atoms with Gasteiger partial charge in [0.15, 0.2) is 0 Å². The highest BCUT2D eigenvalue weighted by molar-refractivity contribution is 7.13. The molecule has 7 heteroatoms. The highest BCUT2D eigenvalue weighted by Gasteiger charge is 2.13. The summed E-state index contributed by atoms with van der Waals surface area (Å²) in [5, 5.41) is 19.1. The van der Waals surface area contributed by atoms with E-state index in [1.807, 2.05) is 48.7 Å². The first-order valence-corrected chi connectivity index (χ1v) is 9.69. The van der Waals surface area contributed by atoms with Crippen LogP contribution >= 0.6 is 11.3 Å². The van der Waals surface area contributed by atoms with E-state index in [-0.39, 0.29) is 11.7 Å². The van der Waals surface area contributed by atoms with Gasteiger partial charge in [-0.25, -0.2) is 9.67 Å². The third kappa shape index (κ3) is 4.10. The number of rotatable bonds is 6. The van der Waals surface area contributed by atoms with Crippen LogP contribution in [0.2, 0.25) is 0 Å². The van der Waals surface area contributed by atoms with E-state index in [4.69, 9.17) is 0 Å². The molecule has 6 nitrogen and oxygen atoms in total. The molecule has 2 heterocycles. The third-order valence-electron chi connectivity index (χ3n) is 4.22. The lowest BCUT2D eigenvalue weighted by Gasteiger charge is -2.03. The Hall–Kier alpha value is -3.45. The number of phenols is 1. The zero-order chi connectivity index (χ0) is 19.3. The van der Waals surface area contributed by atoms with E-state index in [0.717, 1.165) is 21.8 Å². The van der Waals surface area contributed by atoms with Crippen LogP contribution in [0.4, 0.5) is 0 Å². The highest BCUT2D eigenvalue weighted by atomic mass is 32.1. The molecule has 0 unspecified atom stereocenters. The molecule has 0 atom stereocenters. The zero-order valence-corrected chi connectivity index (χ0v) is 15.8. The topological polar surface area (TPSA) is 80.0 Å². The van der Waals surface area contributed by atoms with Crippen molar-refractivity contribution in [2.75, 3.05) is 6.54 Å². The molecule has 0 radical (unpaired) electrons. The van der Waals surface area contributed by atoms with E-state index in [1.54, 1.807) is 28.4 Å². The molecular formula is C21H18N4O2S. The number of hydrogen-bond acceptors (Lipinski definition) is 5. The molecule has 0 aliphatic carbocycles. The van der Waals surface area contributed by atoms with Gasteiger partial charge in [0, 0.05) is 23.7 Å². The predicted molar refractivity (Wildman–Crippen MR) is 109 cm³/mol. The minimum Gasteiger partial charge on any atom is -0.508 e. The van der Waals surface area contributed by atoms with Crippen LogP contribution in [-0.4, -0.2) is 32.3 Å². The van der Waals surface area contributed by atoms with Gasteiger partial charge >= 0.3 is 0 Å². The van der Waals surface area contributed by atoms with E-state index in [2.05, 4.69) is 15.4 Å². The first-order chi connectivity index (χ1) is 13.7. The number of phenolic OH excluding ortho intramolecular Hbond substituents is 1. The summed E-state index contributed by atoms with van der Waals surface area (Å²) in [6, 6.07) is 16.8. The molecule has 0 saturated heterocycles. The average Bonchev–Trinajstić information content (AvgIpc) is 3.40. The van der Waals surface area contributed by atoms with Crippen LogP contribution in [-0.2, 0) is 6.42 Å². The van der Waals surface area contributed by atoms with Crippen molar-refractivity contribution in [3.05, 3.63) is 83.6 Å². The second-order valence-electron chi connectivity index (χ2n) is 6.22. The monoisotopic (exact) mass is 390 g/mol. The molecule has 0 spiro atoms. The van der Waals surface area contributed by atoms with Gasteiger partial charge in [-0.3, -0.25) is 4.79 Å². The van der Waals surface area contributed by atoms with Crippen LogP contribution in [0.15, 0.2) is 72.4 Å². The number of para-hydroxylation sites is 1. The normalized spacial score (nSPS) is 10.7. The first-order valence-electron chi connectivity index (χ1n) is 8.81. The van der Waals surface area contributed by atoms with Crippen LogP contribution < -0.4 is 5.32 Å². The fourth-order valence-corrected chi connectivity index (χ4v) is 3.51. The summed E-state index contributed by atoms with van der Waals surface area (Å²) < 4.78 is 1.79. The van der Waals surface area contributed by atoms with Crippen molar-refractivity contribution in [2.24, 2.45) is 0 Å². The Morgan fingerprint density at radius 3 is 2.68 bits per heavy atom. The molecule has 2 aromatic heterocycles. The van der Waals surface area contributed by atoms with Crippen molar-refractivity contribution in [3.63, 3.8) is 0 Å². The van der Waals surface area contributed by atoms with Gasteiger partial charge in [0.05, 0.1) is 11.9 Å². The van der Waals surface area contributed by atoms with Crippen molar-refractivity contribution in [3.8, 4) is 22.0 Å². The van der Waals surface area contributed by atoms with Crippen molar-refractivity contribution in [1.29, 1.82) is 0 Å². The molecular weight excluding hydrogens is 372 g/mol. The number of carbonyl (C=O) groups excluding carboxylic acids is 1. The lowest BCUT2D eigenvalue weighted by Crippen LogP contribution is -2.25. The minimum absolute atomic E-state index is 0.197. The molecule has 0 aliphatic rings. The lowest BCUT2D eigenvalue weighted by atomic mass is 10.1. The zero-order valence-electron chi connectivity index (χ0n) is 14.9. The molecule has 0 fully saturated rings. The van der Waals surface area contributed by atoms with Crippen LogP contribution in [0.1, 0.15) is 16.1 Å². The van der Waals surface area contributed by atoms with Crippen molar-refractivity contribution in [2.45, 2.75) is 6.42 Å². The van der Waals surface area contributed by atoms with Crippen molar-refractivity contribution in [1.82, 2.24) is 20.1 Å². The number of nitrogens with one attached hydrogen (secondary N) is 1. The largest absolute Gasteiger partial charge is 0.508 e. The summed E-state index contributed by atoms with van der Waals surface area (Å²) in [7, 11) is 0. The van der Waals surface area contributed by atoms with Crippen molar-refractivity contribution >= 4 is 17.2 Å². The van der Waals surface area contributed by atoms with Gasteiger partial charge in [0.2, 0.25) is 0 Å². The molecule has 2 N–H and O–H groups in total. The van der Waals surface area contributed by atoms with Gasteiger partial charge in [-0.1, -0.05) is 30.3 Å². The molecule has 1 amide bonds. The predicted octanol–water partition coefficient (Wildman–Crippen LogP) is 3.67. The summed E-state index contributed by atoms with van der Waals surface area (Å²) in [6.07, 6.45) is 4.34. The Labute approximate surface area is 166 Å². The van der Waals surface area contributed by atoms with Gasteiger partial charge in [0.1, 0.15) is 16.5 Å². The quantitative estimate of drug-likeness (QED) is 0.526. The molecule has 0 aliphatic heterocycles. The van der Waals surface area contributed by atoms with Crippen molar-refractivity contribution < 1.29 is 9.90 Å². The Kier molecular flexibility index (Phi) is 5.16. The SMILES string of the molecule is O=C(NCCc1ccc(O)cc1)c1csc(-c2cnn(-c3ccccc3)c2)n1. The fraction of sp³-hybridized carbons (Fsp3) is 0.0952. The maximum atomic E-state index is 12.3. The Balaban J connectivity index is 1.38. The number of hydrogen-bond donors (Lipinski definition) is 2.